The van der Waals surface area contributed by atoms with E-state index in [9.17, 15) is 29.8 Å². The van der Waals surface area contributed by atoms with E-state index in [1.54, 1.807) is 50.9 Å². The molecule has 4 aromatic rings. The zero-order valence-corrected chi connectivity index (χ0v) is 26.4. The van der Waals surface area contributed by atoms with Gasteiger partial charge >= 0.3 is 5.97 Å². The van der Waals surface area contributed by atoms with Gasteiger partial charge in [0.25, 0.3) is 17.3 Å². The van der Waals surface area contributed by atoms with Crippen molar-refractivity contribution in [2.24, 2.45) is 0 Å². The molecular formula is C34H32N4O9. The van der Waals surface area contributed by atoms with Crippen LogP contribution >= 0.6 is 0 Å². The van der Waals surface area contributed by atoms with Crippen LogP contribution in [0, 0.1) is 27.2 Å². The summed E-state index contributed by atoms with van der Waals surface area (Å²) >= 11 is 0. The molecule has 0 radical (unpaired) electrons. The molecule has 242 valence electrons. The highest BCUT2D eigenvalue weighted by molar-refractivity contribution is 6.09. The first-order valence-corrected chi connectivity index (χ1v) is 14.6. The summed E-state index contributed by atoms with van der Waals surface area (Å²) in [6.07, 6.45) is 0.304. The standard InChI is InChI=1S/C34H32N4O9/c1-20-10-11-21(37(41)42)18-29(20)46-17-16-25-23(14-15-27-31(25)36(4)33(40)34(2,3)35-27)24-13-12-22(19-30(24)45-5)47-32(39)26-8-6-7-9-28(26)38(43)44/h6-15,18-19,35H,16-17H2,1-5H3. The highest BCUT2D eigenvalue weighted by atomic mass is 16.6. The Kier molecular flexibility index (Phi) is 8.82. The summed E-state index contributed by atoms with van der Waals surface area (Å²) in [5, 5.41) is 26.1. The lowest BCUT2D eigenvalue weighted by Gasteiger charge is -2.39. The minimum Gasteiger partial charge on any atom is -0.496 e. The lowest BCUT2D eigenvalue weighted by atomic mass is 9.90. The van der Waals surface area contributed by atoms with Gasteiger partial charge in [-0.1, -0.05) is 18.2 Å². The number of para-hydroxylation sites is 1. The average molecular weight is 641 g/mol. The van der Waals surface area contributed by atoms with Crippen molar-refractivity contribution in [2.45, 2.75) is 32.7 Å². The normalized spacial score (nSPS) is 13.3. The Morgan fingerprint density at radius 1 is 0.936 bits per heavy atom. The van der Waals surface area contributed by atoms with E-state index in [4.69, 9.17) is 14.2 Å². The molecule has 13 heteroatoms. The van der Waals surface area contributed by atoms with Crippen molar-refractivity contribution >= 4 is 34.6 Å². The van der Waals surface area contributed by atoms with Crippen LogP contribution in [0.1, 0.15) is 35.3 Å². The number of non-ortho nitro benzene ring substituents is 1. The number of amides is 1. The van der Waals surface area contributed by atoms with Crippen LogP contribution in [0.3, 0.4) is 0 Å². The number of carbonyl (C=O) groups excluding carboxylic acids is 2. The molecule has 1 amide bonds. The number of ether oxygens (including phenoxy) is 3. The molecular weight excluding hydrogens is 608 g/mol. The highest BCUT2D eigenvalue weighted by Gasteiger charge is 2.38. The van der Waals surface area contributed by atoms with Gasteiger partial charge in [-0.05, 0) is 67.8 Å². The monoisotopic (exact) mass is 640 g/mol. The third-order valence-electron chi connectivity index (χ3n) is 7.89. The van der Waals surface area contributed by atoms with E-state index in [1.807, 2.05) is 12.1 Å². The smallest absolute Gasteiger partial charge is 0.350 e. The molecule has 4 aromatic carbocycles. The van der Waals surface area contributed by atoms with Crippen molar-refractivity contribution < 1.29 is 33.6 Å². The summed E-state index contributed by atoms with van der Waals surface area (Å²) in [6, 6.07) is 18.4. The third kappa shape index (κ3) is 6.41. The molecule has 1 aliphatic rings. The van der Waals surface area contributed by atoms with E-state index in [2.05, 4.69) is 5.32 Å². The quantitative estimate of drug-likeness (QED) is 0.0876. The maximum absolute atomic E-state index is 13.4. The molecule has 13 nitrogen and oxygen atoms in total. The molecule has 47 heavy (non-hydrogen) atoms. The minimum atomic E-state index is -0.899. The number of methoxy groups -OCH3 is 1. The number of nitrogens with zero attached hydrogens (tertiary/aromatic N) is 3. The maximum atomic E-state index is 13.4. The summed E-state index contributed by atoms with van der Waals surface area (Å²) in [5.41, 5.74) is 2.66. The minimum absolute atomic E-state index is 0.0902. The molecule has 0 bridgehead atoms. The number of fused-ring (bicyclic) bond motifs is 1. The summed E-state index contributed by atoms with van der Waals surface area (Å²) in [5.74, 6) is -0.232. The average Bonchev–Trinajstić information content (AvgIpc) is 3.04. The van der Waals surface area contributed by atoms with E-state index in [1.165, 1.54) is 49.6 Å². The number of esters is 1. The van der Waals surface area contributed by atoms with Crippen molar-refractivity contribution in [1.29, 1.82) is 0 Å². The number of rotatable bonds is 10. The van der Waals surface area contributed by atoms with Gasteiger partial charge in [0, 0.05) is 37.2 Å². The van der Waals surface area contributed by atoms with Crippen LogP contribution < -0.4 is 24.4 Å². The number of carbonyl (C=O) groups is 2. The molecule has 0 unspecified atom stereocenters. The first-order valence-electron chi connectivity index (χ1n) is 14.6. The molecule has 0 saturated carbocycles. The Labute approximate surface area is 270 Å². The number of hydrogen-bond donors (Lipinski definition) is 1. The van der Waals surface area contributed by atoms with Crippen molar-refractivity contribution in [3.8, 4) is 28.4 Å². The Morgan fingerprint density at radius 3 is 2.36 bits per heavy atom. The van der Waals surface area contributed by atoms with E-state index >= 15 is 0 Å². The van der Waals surface area contributed by atoms with Gasteiger partial charge < -0.3 is 24.4 Å². The fourth-order valence-corrected chi connectivity index (χ4v) is 5.58. The Balaban J connectivity index is 1.53. The van der Waals surface area contributed by atoms with E-state index in [0.717, 1.165) is 16.8 Å². The Bertz CT molecular complexity index is 1920. The number of likely N-dealkylation sites (N-methyl/N-ethyl adjacent to an activating group) is 1. The van der Waals surface area contributed by atoms with Gasteiger partial charge in [-0.3, -0.25) is 25.0 Å². The number of aryl methyl sites for hydroxylation is 1. The number of nitro groups is 2. The fourth-order valence-electron chi connectivity index (χ4n) is 5.58. The van der Waals surface area contributed by atoms with Crippen LogP contribution in [0.15, 0.2) is 72.8 Å². The fraction of sp³-hybridized carbons (Fsp3) is 0.235. The van der Waals surface area contributed by atoms with Crippen LogP contribution in [-0.2, 0) is 11.2 Å². The van der Waals surface area contributed by atoms with E-state index < -0.39 is 21.4 Å². The molecule has 0 aromatic heterocycles. The van der Waals surface area contributed by atoms with Gasteiger partial charge in [-0.25, -0.2) is 4.79 Å². The molecule has 1 heterocycles. The summed E-state index contributed by atoms with van der Waals surface area (Å²) < 4.78 is 17.2. The number of benzene rings is 4. The van der Waals surface area contributed by atoms with Crippen LogP contribution in [0.25, 0.3) is 11.1 Å². The lowest BCUT2D eigenvalue weighted by molar-refractivity contribution is -0.385. The predicted octanol–water partition coefficient (Wildman–Crippen LogP) is 6.49. The molecule has 1 N–H and O–H groups in total. The van der Waals surface area contributed by atoms with E-state index in [0.29, 0.717) is 34.7 Å². The van der Waals surface area contributed by atoms with E-state index in [-0.39, 0.29) is 35.2 Å². The maximum Gasteiger partial charge on any atom is 0.350 e. The molecule has 1 aliphatic heterocycles. The summed E-state index contributed by atoms with van der Waals surface area (Å²) in [6.45, 7) is 5.51. The molecule has 0 aliphatic carbocycles. The second kappa shape index (κ2) is 12.8. The summed E-state index contributed by atoms with van der Waals surface area (Å²) in [7, 11) is 3.16. The highest BCUT2D eigenvalue weighted by Crippen LogP contribution is 2.45. The first kappa shape index (κ1) is 32.4. The number of anilines is 2. The van der Waals surface area contributed by atoms with Crippen LogP contribution in [0.5, 0.6) is 17.2 Å². The zero-order chi connectivity index (χ0) is 34.0. The number of hydrogen-bond acceptors (Lipinski definition) is 10. The van der Waals surface area contributed by atoms with Crippen molar-refractivity contribution in [2.75, 3.05) is 31.0 Å². The summed E-state index contributed by atoms with van der Waals surface area (Å²) in [4.78, 5) is 49.5. The predicted molar refractivity (Wildman–Crippen MR) is 175 cm³/mol. The SMILES string of the molecule is COc1cc(OC(=O)c2ccccc2[N+](=O)[O-])ccc1-c1ccc2c(c1CCOc1cc([N+](=O)[O-])ccc1C)N(C)C(=O)C(C)(C)N2. The number of nitrogens with one attached hydrogen (secondary N) is 1. The van der Waals surface area contributed by atoms with Gasteiger partial charge in [-0.15, -0.1) is 0 Å². The molecule has 0 spiro atoms. The Hall–Kier alpha value is -5.98. The van der Waals surface area contributed by atoms with Gasteiger partial charge in [0.05, 0.1) is 41.0 Å². The lowest BCUT2D eigenvalue weighted by Crippen LogP contribution is -2.52. The van der Waals surface area contributed by atoms with Crippen molar-refractivity contribution in [3.05, 3.63) is 110 Å². The van der Waals surface area contributed by atoms with Crippen LogP contribution in [0.4, 0.5) is 22.7 Å². The van der Waals surface area contributed by atoms with Crippen LogP contribution in [-0.4, -0.2) is 48.0 Å². The van der Waals surface area contributed by atoms with Gasteiger partial charge in [-0.2, -0.15) is 0 Å². The van der Waals surface area contributed by atoms with Gasteiger partial charge in [0.15, 0.2) is 0 Å². The number of nitro benzene ring substituents is 2. The Morgan fingerprint density at radius 2 is 1.66 bits per heavy atom. The largest absolute Gasteiger partial charge is 0.496 e. The molecule has 0 saturated heterocycles. The van der Waals surface area contributed by atoms with Gasteiger partial charge in [0.2, 0.25) is 0 Å². The third-order valence-corrected chi connectivity index (χ3v) is 7.89. The topological polar surface area (TPSA) is 163 Å². The second-order valence-corrected chi connectivity index (χ2v) is 11.4. The second-order valence-electron chi connectivity index (χ2n) is 11.4. The van der Waals surface area contributed by atoms with Gasteiger partial charge in [0.1, 0.15) is 28.4 Å². The molecule has 0 fully saturated rings. The van der Waals surface area contributed by atoms with Crippen molar-refractivity contribution in [1.82, 2.24) is 0 Å². The van der Waals surface area contributed by atoms with Crippen molar-refractivity contribution in [3.63, 3.8) is 0 Å². The zero-order valence-electron chi connectivity index (χ0n) is 26.4. The van der Waals surface area contributed by atoms with Crippen LogP contribution in [0.2, 0.25) is 0 Å². The molecule has 5 rings (SSSR count). The molecule has 0 atom stereocenters. The first-order chi connectivity index (χ1) is 22.3.